The van der Waals surface area contributed by atoms with Crippen LogP contribution in [0.1, 0.15) is 44.0 Å². The van der Waals surface area contributed by atoms with Gasteiger partial charge in [0, 0.05) is 7.05 Å². The minimum Gasteiger partial charge on any atom is -0.487 e. The zero-order valence-corrected chi connectivity index (χ0v) is 11.9. The maximum atomic E-state index is 11.9. The van der Waals surface area contributed by atoms with Gasteiger partial charge in [-0.2, -0.15) is 0 Å². The van der Waals surface area contributed by atoms with Crippen LogP contribution in [0, 0.1) is 0 Å². The number of carbonyl (C=O) groups is 1. The Morgan fingerprint density at radius 3 is 2.53 bits per heavy atom. The minimum atomic E-state index is -0.383. The van der Waals surface area contributed by atoms with Crippen molar-refractivity contribution in [2.45, 2.75) is 45.3 Å². The number of para-hydroxylation sites is 1. The third kappa shape index (κ3) is 3.63. The molecule has 0 aliphatic heterocycles. The van der Waals surface area contributed by atoms with Crippen molar-refractivity contribution in [2.75, 3.05) is 7.05 Å². The first-order chi connectivity index (χ1) is 8.90. The molecule has 0 heterocycles. The monoisotopic (exact) mass is 263 g/mol. The van der Waals surface area contributed by atoms with E-state index in [0.717, 1.165) is 12.8 Å². The lowest BCUT2D eigenvalue weighted by atomic mass is 10.1. The second-order valence-electron chi connectivity index (χ2n) is 5.74. The molecule has 0 saturated heterocycles. The third-order valence-electron chi connectivity index (χ3n) is 2.68. The van der Waals surface area contributed by atoms with E-state index in [1.165, 1.54) is 0 Å². The quantitative estimate of drug-likeness (QED) is 0.908. The van der Waals surface area contributed by atoms with Crippen molar-refractivity contribution in [3.05, 3.63) is 23.8 Å². The molecule has 0 radical (unpaired) electrons. The van der Waals surface area contributed by atoms with Gasteiger partial charge in [0.15, 0.2) is 11.5 Å². The molecule has 4 nitrogen and oxygen atoms in total. The van der Waals surface area contributed by atoms with Gasteiger partial charge in [-0.15, -0.1) is 0 Å². The molecule has 0 atom stereocenters. The highest BCUT2D eigenvalue weighted by Crippen LogP contribution is 2.37. The van der Waals surface area contributed by atoms with Crippen LogP contribution < -0.4 is 14.8 Å². The van der Waals surface area contributed by atoms with Crippen molar-refractivity contribution in [2.24, 2.45) is 0 Å². The van der Waals surface area contributed by atoms with Gasteiger partial charge < -0.3 is 14.8 Å². The number of amides is 1. The Balaban J connectivity index is 2.38. The molecule has 104 valence electrons. The molecule has 1 aromatic rings. The molecule has 1 saturated carbocycles. The first-order valence-corrected chi connectivity index (χ1v) is 6.61. The van der Waals surface area contributed by atoms with Gasteiger partial charge in [0.05, 0.1) is 11.7 Å². The summed E-state index contributed by atoms with van der Waals surface area (Å²) in [5.74, 6) is 1.01. The van der Waals surface area contributed by atoms with Gasteiger partial charge in [-0.1, -0.05) is 6.07 Å². The van der Waals surface area contributed by atoms with E-state index in [1.807, 2.05) is 32.9 Å². The molecule has 0 bridgehead atoms. The van der Waals surface area contributed by atoms with Crippen molar-refractivity contribution in [3.63, 3.8) is 0 Å². The molecule has 0 unspecified atom stereocenters. The van der Waals surface area contributed by atoms with Crippen molar-refractivity contribution in [1.82, 2.24) is 5.32 Å². The molecule has 0 spiro atoms. The summed E-state index contributed by atoms with van der Waals surface area (Å²) in [5.41, 5.74) is 0.127. The van der Waals surface area contributed by atoms with Crippen LogP contribution >= 0.6 is 0 Å². The Bertz CT molecular complexity index is 473. The van der Waals surface area contributed by atoms with Gasteiger partial charge in [-0.25, -0.2) is 0 Å². The summed E-state index contributed by atoms with van der Waals surface area (Å²) in [4.78, 5) is 11.9. The first-order valence-electron chi connectivity index (χ1n) is 6.61. The van der Waals surface area contributed by atoms with Gasteiger partial charge >= 0.3 is 0 Å². The molecular formula is C15H21NO3. The van der Waals surface area contributed by atoms with Gasteiger partial charge in [0.2, 0.25) is 0 Å². The van der Waals surface area contributed by atoms with Gasteiger partial charge in [0.25, 0.3) is 5.91 Å². The smallest absolute Gasteiger partial charge is 0.254 e. The molecule has 1 aliphatic rings. The predicted molar refractivity (Wildman–Crippen MR) is 73.9 cm³/mol. The highest BCUT2D eigenvalue weighted by molar-refractivity contribution is 5.97. The van der Waals surface area contributed by atoms with Crippen molar-refractivity contribution < 1.29 is 14.3 Å². The standard InChI is InChI=1S/C15H21NO3/c1-15(2,3)19-13-11(14(17)16-4)6-5-7-12(13)18-10-8-9-10/h5-7,10H,8-9H2,1-4H3,(H,16,17). The van der Waals surface area contributed by atoms with Crippen LogP contribution in [-0.2, 0) is 0 Å². The lowest BCUT2D eigenvalue weighted by Gasteiger charge is -2.24. The zero-order valence-electron chi connectivity index (χ0n) is 11.9. The van der Waals surface area contributed by atoms with Crippen LogP contribution in [0.2, 0.25) is 0 Å². The fourth-order valence-electron chi connectivity index (χ4n) is 1.70. The summed E-state index contributed by atoms with van der Waals surface area (Å²) in [6.45, 7) is 5.86. The molecule has 0 aromatic heterocycles. The first kappa shape index (κ1) is 13.7. The molecule has 1 amide bonds. The number of benzene rings is 1. The number of hydrogen-bond acceptors (Lipinski definition) is 3. The van der Waals surface area contributed by atoms with E-state index < -0.39 is 0 Å². The molecular weight excluding hydrogens is 242 g/mol. The molecule has 2 rings (SSSR count). The summed E-state index contributed by atoms with van der Waals surface area (Å²) in [7, 11) is 1.61. The van der Waals surface area contributed by atoms with E-state index in [4.69, 9.17) is 9.47 Å². The average Bonchev–Trinajstić information content (AvgIpc) is 3.12. The Morgan fingerprint density at radius 2 is 2.00 bits per heavy atom. The Morgan fingerprint density at radius 1 is 1.32 bits per heavy atom. The SMILES string of the molecule is CNC(=O)c1cccc(OC2CC2)c1OC(C)(C)C. The Labute approximate surface area is 114 Å². The third-order valence-corrected chi connectivity index (χ3v) is 2.68. The van der Waals surface area contributed by atoms with E-state index in [-0.39, 0.29) is 17.6 Å². The summed E-state index contributed by atoms with van der Waals surface area (Å²) >= 11 is 0. The minimum absolute atomic E-state index is 0.166. The fourth-order valence-corrected chi connectivity index (χ4v) is 1.70. The van der Waals surface area contributed by atoms with Crippen LogP contribution in [0.15, 0.2) is 18.2 Å². The predicted octanol–water partition coefficient (Wildman–Crippen LogP) is 2.76. The van der Waals surface area contributed by atoms with E-state index in [2.05, 4.69) is 5.32 Å². The fraction of sp³-hybridized carbons (Fsp3) is 0.533. The Hall–Kier alpha value is -1.71. The molecule has 1 aliphatic carbocycles. The number of rotatable bonds is 4. The van der Waals surface area contributed by atoms with Gasteiger partial charge in [-0.3, -0.25) is 4.79 Å². The van der Waals surface area contributed by atoms with Crippen LogP contribution in [0.3, 0.4) is 0 Å². The van der Waals surface area contributed by atoms with Crippen molar-refractivity contribution in [1.29, 1.82) is 0 Å². The van der Waals surface area contributed by atoms with Gasteiger partial charge in [-0.05, 0) is 45.7 Å². The topological polar surface area (TPSA) is 47.6 Å². The van der Waals surface area contributed by atoms with Crippen LogP contribution in [0.5, 0.6) is 11.5 Å². The highest BCUT2D eigenvalue weighted by atomic mass is 16.5. The highest BCUT2D eigenvalue weighted by Gasteiger charge is 2.28. The van der Waals surface area contributed by atoms with Crippen molar-refractivity contribution in [3.8, 4) is 11.5 Å². The second kappa shape index (κ2) is 5.11. The van der Waals surface area contributed by atoms with Crippen LogP contribution in [-0.4, -0.2) is 24.7 Å². The summed E-state index contributed by atoms with van der Waals surface area (Å²) in [6.07, 6.45) is 2.40. The molecule has 19 heavy (non-hydrogen) atoms. The summed E-state index contributed by atoms with van der Waals surface area (Å²) in [5, 5.41) is 2.63. The summed E-state index contributed by atoms with van der Waals surface area (Å²) < 4.78 is 11.8. The number of hydrogen-bond donors (Lipinski definition) is 1. The zero-order chi connectivity index (χ0) is 14.0. The van der Waals surface area contributed by atoms with Crippen LogP contribution in [0.4, 0.5) is 0 Å². The second-order valence-corrected chi connectivity index (χ2v) is 5.74. The Kier molecular flexibility index (Phi) is 3.69. The van der Waals surface area contributed by atoms with E-state index in [0.29, 0.717) is 17.1 Å². The van der Waals surface area contributed by atoms with E-state index >= 15 is 0 Å². The maximum absolute atomic E-state index is 11.9. The van der Waals surface area contributed by atoms with Crippen molar-refractivity contribution >= 4 is 5.91 Å². The normalized spacial score (nSPS) is 14.9. The number of carbonyl (C=O) groups excluding carboxylic acids is 1. The molecule has 1 aromatic carbocycles. The molecule has 1 fully saturated rings. The lowest BCUT2D eigenvalue weighted by molar-refractivity contribution is 0.0934. The number of nitrogens with one attached hydrogen (secondary N) is 1. The maximum Gasteiger partial charge on any atom is 0.254 e. The average molecular weight is 263 g/mol. The van der Waals surface area contributed by atoms with E-state index in [1.54, 1.807) is 13.1 Å². The van der Waals surface area contributed by atoms with Gasteiger partial charge in [0.1, 0.15) is 5.60 Å². The van der Waals surface area contributed by atoms with Crippen LogP contribution in [0.25, 0.3) is 0 Å². The summed E-state index contributed by atoms with van der Waals surface area (Å²) in [6, 6.07) is 5.42. The molecule has 1 N–H and O–H groups in total. The van der Waals surface area contributed by atoms with E-state index in [9.17, 15) is 4.79 Å². The largest absolute Gasteiger partial charge is 0.487 e. The number of ether oxygens (including phenoxy) is 2. The lowest BCUT2D eigenvalue weighted by Crippen LogP contribution is -2.26. The molecule has 4 heteroatoms.